The van der Waals surface area contributed by atoms with Crippen LogP contribution in [0.2, 0.25) is 0 Å². The zero-order chi connectivity index (χ0) is 14.7. The molecule has 1 aromatic carbocycles. The largest absolute Gasteiger partial charge is 0.496 e. The smallest absolute Gasteiger partial charge is 0.123 e. The van der Waals surface area contributed by atoms with Crippen molar-refractivity contribution in [2.24, 2.45) is 11.7 Å². The Morgan fingerprint density at radius 2 is 2.00 bits per heavy atom. The number of hydrogen-bond donors (Lipinski definition) is 1. The summed E-state index contributed by atoms with van der Waals surface area (Å²) in [7, 11) is 1.71. The summed E-state index contributed by atoms with van der Waals surface area (Å²) in [6.07, 6.45) is 8.49. The molecule has 0 aromatic heterocycles. The van der Waals surface area contributed by atoms with Crippen LogP contribution < -0.4 is 10.5 Å². The highest BCUT2D eigenvalue weighted by Gasteiger charge is 2.32. The molecule has 1 aliphatic carbocycles. The van der Waals surface area contributed by atoms with E-state index >= 15 is 0 Å². The number of nitrogens with zero attached hydrogens (tertiary/aromatic N) is 1. The molecule has 3 rings (SSSR count). The fourth-order valence-corrected chi connectivity index (χ4v) is 4.25. The Kier molecular flexibility index (Phi) is 4.81. The Bertz CT molecular complexity index is 472. The molecule has 0 radical (unpaired) electrons. The summed E-state index contributed by atoms with van der Waals surface area (Å²) in [5.41, 5.74) is 8.34. The maximum Gasteiger partial charge on any atom is 0.123 e. The van der Waals surface area contributed by atoms with Crippen molar-refractivity contribution >= 4 is 0 Å². The summed E-state index contributed by atoms with van der Waals surface area (Å²) in [5.74, 6) is 1.86. The highest BCUT2D eigenvalue weighted by molar-refractivity contribution is 5.37. The normalized spacial score (nSPS) is 26.4. The Hall–Kier alpha value is -1.06. The molecule has 3 nitrogen and oxygen atoms in total. The first-order valence-corrected chi connectivity index (χ1v) is 8.41. The van der Waals surface area contributed by atoms with E-state index in [2.05, 4.69) is 23.1 Å². The summed E-state index contributed by atoms with van der Waals surface area (Å²) >= 11 is 0. The maximum atomic E-state index is 5.84. The van der Waals surface area contributed by atoms with Crippen molar-refractivity contribution in [1.82, 2.24) is 4.90 Å². The van der Waals surface area contributed by atoms with E-state index in [9.17, 15) is 0 Å². The zero-order valence-electron chi connectivity index (χ0n) is 13.2. The van der Waals surface area contributed by atoms with Gasteiger partial charge in [0, 0.05) is 24.7 Å². The summed E-state index contributed by atoms with van der Waals surface area (Å²) in [4.78, 5) is 2.72. The van der Waals surface area contributed by atoms with Crippen molar-refractivity contribution in [3.05, 3.63) is 29.3 Å². The molecular weight excluding hydrogens is 260 g/mol. The molecule has 1 saturated carbocycles. The van der Waals surface area contributed by atoms with Crippen LogP contribution in [-0.4, -0.2) is 24.6 Å². The van der Waals surface area contributed by atoms with Crippen LogP contribution in [0.25, 0.3) is 0 Å². The number of fused-ring (bicyclic) bond motifs is 1. The molecule has 0 bridgehead atoms. The molecule has 0 spiro atoms. The van der Waals surface area contributed by atoms with Crippen LogP contribution in [0, 0.1) is 5.92 Å². The summed E-state index contributed by atoms with van der Waals surface area (Å²) < 4.78 is 5.37. The molecule has 0 unspecified atom stereocenters. The van der Waals surface area contributed by atoms with Gasteiger partial charge in [-0.3, -0.25) is 4.90 Å². The predicted molar refractivity (Wildman–Crippen MR) is 86.3 cm³/mol. The lowest BCUT2D eigenvalue weighted by atomic mass is 9.78. The minimum absolute atomic E-state index is 0.545. The minimum Gasteiger partial charge on any atom is -0.496 e. The van der Waals surface area contributed by atoms with Gasteiger partial charge in [-0.2, -0.15) is 0 Å². The number of nitrogens with two attached hydrogens (primary N) is 1. The Morgan fingerprint density at radius 1 is 1.19 bits per heavy atom. The molecule has 2 N–H and O–H groups in total. The van der Waals surface area contributed by atoms with Gasteiger partial charge < -0.3 is 10.5 Å². The molecule has 2 atom stereocenters. The standard InChI is InChI=1S/C18H28N2O/c1-21-18-9-8-14(11-16(18)12-19)13-20-10-4-6-15-5-2-3-7-17(15)20/h8-9,11,15,17H,2-7,10,12-13,19H2,1H3/t15-,17-/m1/s1. The fraction of sp³-hybridized carbons (Fsp3) is 0.667. The van der Waals surface area contributed by atoms with Gasteiger partial charge in [-0.25, -0.2) is 0 Å². The first-order valence-electron chi connectivity index (χ1n) is 8.41. The molecule has 2 aliphatic rings. The number of ether oxygens (including phenoxy) is 1. The van der Waals surface area contributed by atoms with Gasteiger partial charge in [-0.1, -0.05) is 18.9 Å². The van der Waals surface area contributed by atoms with E-state index in [1.54, 1.807) is 7.11 Å². The predicted octanol–water partition coefficient (Wildman–Crippen LogP) is 3.31. The van der Waals surface area contributed by atoms with Gasteiger partial charge in [0.05, 0.1) is 7.11 Å². The molecule has 0 amide bonds. The van der Waals surface area contributed by atoms with Crippen LogP contribution >= 0.6 is 0 Å². The minimum atomic E-state index is 0.545. The first-order chi connectivity index (χ1) is 10.3. The van der Waals surface area contributed by atoms with E-state index in [1.807, 2.05) is 0 Å². The Balaban J connectivity index is 1.73. The van der Waals surface area contributed by atoms with Gasteiger partial charge >= 0.3 is 0 Å². The summed E-state index contributed by atoms with van der Waals surface area (Å²) in [6, 6.07) is 7.31. The average Bonchev–Trinajstić information content (AvgIpc) is 2.55. The molecule has 21 heavy (non-hydrogen) atoms. The molecule has 1 heterocycles. The highest BCUT2D eigenvalue weighted by Crippen LogP contribution is 2.36. The van der Waals surface area contributed by atoms with Crippen LogP contribution in [0.1, 0.15) is 49.7 Å². The SMILES string of the molecule is COc1ccc(CN2CCC[C@H]3CCCC[C@H]32)cc1CN. The van der Waals surface area contributed by atoms with Crippen LogP contribution in [0.4, 0.5) is 0 Å². The first kappa shape index (κ1) is 14.9. The lowest BCUT2D eigenvalue weighted by molar-refractivity contribution is 0.0547. The van der Waals surface area contributed by atoms with E-state index in [1.165, 1.54) is 50.6 Å². The third kappa shape index (κ3) is 3.24. The van der Waals surface area contributed by atoms with Crippen molar-refractivity contribution in [2.45, 2.75) is 57.7 Å². The zero-order valence-corrected chi connectivity index (χ0v) is 13.2. The number of benzene rings is 1. The van der Waals surface area contributed by atoms with Crippen LogP contribution in [0.15, 0.2) is 18.2 Å². The Morgan fingerprint density at radius 3 is 2.81 bits per heavy atom. The molecule has 2 fully saturated rings. The number of methoxy groups -OCH3 is 1. The van der Waals surface area contributed by atoms with Crippen molar-refractivity contribution < 1.29 is 4.74 Å². The van der Waals surface area contributed by atoms with E-state index in [4.69, 9.17) is 10.5 Å². The van der Waals surface area contributed by atoms with E-state index in [0.717, 1.165) is 29.8 Å². The molecule has 1 aliphatic heterocycles. The monoisotopic (exact) mass is 288 g/mol. The number of rotatable bonds is 4. The van der Waals surface area contributed by atoms with Crippen LogP contribution in [0.3, 0.4) is 0 Å². The van der Waals surface area contributed by atoms with Gasteiger partial charge in [-0.15, -0.1) is 0 Å². The van der Waals surface area contributed by atoms with Crippen LogP contribution in [0.5, 0.6) is 5.75 Å². The number of likely N-dealkylation sites (tertiary alicyclic amines) is 1. The van der Waals surface area contributed by atoms with Gasteiger partial charge in [0.2, 0.25) is 0 Å². The van der Waals surface area contributed by atoms with Gasteiger partial charge in [0.15, 0.2) is 0 Å². The van der Waals surface area contributed by atoms with E-state index < -0.39 is 0 Å². The molecular formula is C18H28N2O. The lowest BCUT2D eigenvalue weighted by Crippen LogP contribution is -2.46. The lowest BCUT2D eigenvalue weighted by Gasteiger charge is -2.44. The van der Waals surface area contributed by atoms with Gasteiger partial charge in [-0.05, 0) is 55.8 Å². The van der Waals surface area contributed by atoms with Crippen LogP contribution in [-0.2, 0) is 13.1 Å². The quantitative estimate of drug-likeness (QED) is 0.924. The van der Waals surface area contributed by atoms with Crippen molar-refractivity contribution in [1.29, 1.82) is 0 Å². The molecule has 1 aromatic rings. The van der Waals surface area contributed by atoms with Crippen molar-refractivity contribution in [2.75, 3.05) is 13.7 Å². The third-order valence-electron chi connectivity index (χ3n) is 5.31. The number of piperidine rings is 1. The summed E-state index contributed by atoms with van der Waals surface area (Å²) in [6.45, 7) is 2.87. The molecule has 116 valence electrons. The van der Waals surface area contributed by atoms with Crippen molar-refractivity contribution in [3.63, 3.8) is 0 Å². The highest BCUT2D eigenvalue weighted by atomic mass is 16.5. The summed E-state index contributed by atoms with van der Waals surface area (Å²) in [5, 5.41) is 0. The fourth-order valence-electron chi connectivity index (χ4n) is 4.25. The van der Waals surface area contributed by atoms with E-state index in [0.29, 0.717) is 6.54 Å². The topological polar surface area (TPSA) is 38.5 Å². The molecule has 1 saturated heterocycles. The third-order valence-corrected chi connectivity index (χ3v) is 5.31. The number of hydrogen-bond acceptors (Lipinski definition) is 3. The van der Waals surface area contributed by atoms with Gasteiger partial charge in [0.1, 0.15) is 5.75 Å². The second kappa shape index (κ2) is 6.80. The molecule has 3 heteroatoms. The van der Waals surface area contributed by atoms with Gasteiger partial charge in [0.25, 0.3) is 0 Å². The van der Waals surface area contributed by atoms with Crippen molar-refractivity contribution in [3.8, 4) is 5.75 Å². The average molecular weight is 288 g/mol. The Labute approximate surface area is 128 Å². The second-order valence-corrected chi connectivity index (χ2v) is 6.57. The second-order valence-electron chi connectivity index (χ2n) is 6.57. The maximum absolute atomic E-state index is 5.84. The van der Waals surface area contributed by atoms with E-state index in [-0.39, 0.29) is 0 Å².